The van der Waals surface area contributed by atoms with Crippen molar-refractivity contribution in [3.8, 4) is 28.6 Å². The van der Waals surface area contributed by atoms with Gasteiger partial charge >= 0.3 is 0 Å². The largest absolute Gasteiger partial charge is 0.301 e. The van der Waals surface area contributed by atoms with Crippen LogP contribution in [0.15, 0.2) is 91.1 Å². The topological polar surface area (TPSA) is 59.4 Å². The van der Waals surface area contributed by atoms with Crippen LogP contribution in [-0.4, -0.2) is 19.3 Å². The van der Waals surface area contributed by atoms with Crippen LogP contribution >= 0.6 is 0 Å². The van der Waals surface area contributed by atoms with Crippen LogP contribution in [0.5, 0.6) is 0 Å². The van der Waals surface area contributed by atoms with Gasteiger partial charge in [-0.15, -0.1) is 0 Å². The van der Waals surface area contributed by atoms with Gasteiger partial charge in [-0.05, 0) is 61.4 Å². The molecule has 3 aromatic carbocycles. The fourth-order valence-corrected chi connectivity index (χ4v) is 4.71. The van der Waals surface area contributed by atoms with E-state index in [9.17, 15) is 5.26 Å². The molecule has 0 bridgehead atoms. The summed E-state index contributed by atoms with van der Waals surface area (Å²) in [5.41, 5.74) is 8.55. The zero-order valence-electron chi connectivity index (χ0n) is 18.9. The van der Waals surface area contributed by atoms with E-state index in [0.29, 0.717) is 5.56 Å². The lowest BCUT2D eigenvalue weighted by atomic mass is 9.96. The van der Waals surface area contributed by atoms with E-state index in [2.05, 4.69) is 35.9 Å². The molecule has 0 saturated carbocycles. The van der Waals surface area contributed by atoms with E-state index < -0.39 is 0 Å². The Hall–Kier alpha value is -4.69. The summed E-state index contributed by atoms with van der Waals surface area (Å²) in [5, 5.41) is 16.3. The van der Waals surface area contributed by atoms with Gasteiger partial charge in [-0.3, -0.25) is 0 Å². The van der Waals surface area contributed by atoms with Gasteiger partial charge in [0, 0.05) is 22.8 Å². The van der Waals surface area contributed by atoms with Crippen LogP contribution in [0.1, 0.15) is 16.8 Å². The van der Waals surface area contributed by atoms with E-state index in [1.54, 1.807) is 0 Å². The number of nitrogens with zero attached hydrogens (tertiary/aromatic N) is 5. The molecular weight excluding hydrogens is 418 g/mol. The van der Waals surface area contributed by atoms with Crippen LogP contribution in [0, 0.1) is 25.2 Å². The molecule has 0 aliphatic heterocycles. The molecule has 5 nitrogen and oxygen atoms in total. The molecule has 0 unspecified atom stereocenters. The zero-order valence-corrected chi connectivity index (χ0v) is 18.9. The van der Waals surface area contributed by atoms with Crippen molar-refractivity contribution in [3.05, 3.63) is 108 Å². The molecule has 0 aliphatic rings. The summed E-state index contributed by atoms with van der Waals surface area (Å²) in [6.45, 7) is 4.16. The SMILES string of the molecule is Cc1cn(-c2ccccc2)c2nc3c(c(C)nn3-c3ccccc3)c(-c3ccc(C#N)cc3)c12. The van der Waals surface area contributed by atoms with Crippen LogP contribution in [0.25, 0.3) is 44.6 Å². The van der Waals surface area contributed by atoms with Gasteiger partial charge in [0.1, 0.15) is 5.65 Å². The first-order valence-electron chi connectivity index (χ1n) is 11.2. The second-order valence-corrected chi connectivity index (χ2v) is 8.42. The Balaban J connectivity index is 1.78. The van der Waals surface area contributed by atoms with Crippen molar-refractivity contribution in [2.24, 2.45) is 0 Å². The van der Waals surface area contributed by atoms with E-state index in [1.165, 1.54) is 0 Å². The van der Waals surface area contributed by atoms with Crippen LogP contribution < -0.4 is 0 Å². The number of fused-ring (bicyclic) bond motifs is 2. The molecule has 0 spiro atoms. The van der Waals surface area contributed by atoms with Crippen molar-refractivity contribution in [2.45, 2.75) is 13.8 Å². The number of aromatic nitrogens is 4. The molecule has 0 atom stereocenters. The second-order valence-electron chi connectivity index (χ2n) is 8.42. The number of aryl methyl sites for hydroxylation is 2. The Morgan fingerprint density at radius 1 is 0.735 bits per heavy atom. The summed E-state index contributed by atoms with van der Waals surface area (Å²) in [5.74, 6) is 0. The van der Waals surface area contributed by atoms with Crippen LogP contribution in [0.4, 0.5) is 0 Å². The fraction of sp³-hybridized carbons (Fsp3) is 0.0690. The smallest absolute Gasteiger partial charge is 0.166 e. The molecule has 0 fully saturated rings. The quantitative estimate of drug-likeness (QED) is 0.315. The van der Waals surface area contributed by atoms with E-state index in [0.717, 1.165) is 55.8 Å². The molecule has 162 valence electrons. The molecule has 0 aliphatic carbocycles. The first-order valence-corrected chi connectivity index (χ1v) is 11.2. The van der Waals surface area contributed by atoms with Gasteiger partial charge < -0.3 is 4.57 Å². The standard InChI is InChI=1S/C29H21N5/c1-19-18-33(23-9-5-3-6-10-23)28-25(19)27(22-15-13-21(17-30)14-16-22)26-20(2)32-34(29(26)31-28)24-11-7-4-8-12-24/h3-16,18H,1-2H3. The number of rotatable bonds is 3. The van der Waals surface area contributed by atoms with Gasteiger partial charge in [-0.1, -0.05) is 48.5 Å². The monoisotopic (exact) mass is 439 g/mol. The lowest BCUT2D eigenvalue weighted by Crippen LogP contribution is -2.00. The number of pyridine rings is 1. The Morgan fingerprint density at radius 2 is 1.38 bits per heavy atom. The molecule has 5 heteroatoms. The Kier molecular flexibility index (Phi) is 4.53. The van der Waals surface area contributed by atoms with Crippen molar-refractivity contribution >= 4 is 22.1 Å². The molecule has 0 saturated heterocycles. The summed E-state index contributed by atoms with van der Waals surface area (Å²) in [6.07, 6.45) is 2.15. The predicted molar refractivity (Wildman–Crippen MR) is 135 cm³/mol. The number of hydrogen-bond donors (Lipinski definition) is 0. The number of benzene rings is 3. The van der Waals surface area contributed by atoms with E-state index >= 15 is 0 Å². The molecule has 6 aromatic rings. The first-order chi connectivity index (χ1) is 16.7. The molecule has 0 N–H and O–H groups in total. The van der Waals surface area contributed by atoms with E-state index in [1.807, 2.05) is 84.4 Å². The first kappa shape index (κ1) is 20.0. The summed E-state index contributed by atoms with van der Waals surface area (Å²) in [7, 11) is 0. The van der Waals surface area contributed by atoms with Crippen LogP contribution in [0.2, 0.25) is 0 Å². The minimum absolute atomic E-state index is 0.639. The maximum atomic E-state index is 9.31. The van der Waals surface area contributed by atoms with Crippen molar-refractivity contribution in [1.82, 2.24) is 19.3 Å². The molecule has 3 heterocycles. The second kappa shape index (κ2) is 7.72. The number of hydrogen-bond acceptors (Lipinski definition) is 3. The van der Waals surface area contributed by atoms with Gasteiger partial charge in [0.15, 0.2) is 5.65 Å². The summed E-state index contributed by atoms with van der Waals surface area (Å²) < 4.78 is 4.07. The van der Waals surface area contributed by atoms with Crippen LogP contribution in [-0.2, 0) is 0 Å². The highest BCUT2D eigenvalue weighted by Gasteiger charge is 2.23. The third-order valence-corrected chi connectivity index (χ3v) is 6.25. The van der Waals surface area contributed by atoms with E-state index in [-0.39, 0.29) is 0 Å². The van der Waals surface area contributed by atoms with Gasteiger partial charge in [-0.25, -0.2) is 9.67 Å². The highest BCUT2D eigenvalue weighted by atomic mass is 15.3. The highest BCUT2D eigenvalue weighted by Crippen LogP contribution is 2.40. The fourth-order valence-electron chi connectivity index (χ4n) is 4.71. The van der Waals surface area contributed by atoms with Crippen molar-refractivity contribution in [3.63, 3.8) is 0 Å². The number of para-hydroxylation sites is 2. The average molecular weight is 440 g/mol. The van der Waals surface area contributed by atoms with Crippen molar-refractivity contribution in [2.75, 3.05) is 0 Å². The Labute approximate surface area is 197 Å². The maximum Gasteiger partial charge on any atom is 0.166 e. The van der Waals surface area contributed by atoms with Crippen molar-refractivity contribution < 1.29 is 0 Å². The number of nitriles is 1. The van der Waals surface area contributed by atoms with Gasteiger partial charge in [0.2, 0.25) is 0 Å². The Bertz CT molecular complexity index is 1600. The average Bonchev–Trinajstić information content (AvgIpc) is 3.41. The summed E-state index contributed by atoms with van der Waals surface area (Å²) >= 11 is 0. The third kappa shape index (κ3) is 3.01. The molecular formula is C29H21N5. The molecule has 3 aromatic heterocycles. The minimum atomic E-state index is 0.639. The zero-order chi connectivity index (χ0) is 23.2. The minimum Gasteiger partial charge on any atom is -0.301 e. The normalized spacial score (nSPS) is 11.2. The summed E-state index contributed by atoms with van der Waals surface area (Å²) in [6, 6.07) is 30.4. The van der Waals surface area contributed by atoms with Gasteiger partial charge in [0.25, 0.3) is 0 Å². The third-order valence-electron chi connectivity index (χ3n) is 6.25. The van der Waals surface area contributed by atoms with E-state index in [4.69, 9.17) is 10.1 Å². The lowest BCUT2D eigenvalue weighted by molar-refractivity contribution is 0.878. The highest BCUT2D eigenvalue weighted by molar-refractivity contribution is 6.11. The molecule has 6 rings (SSSR count). The lowest BCUT2D eigenvalue weighted by Gasteiger charge is -2.11. The Morgan fingerprint density at radius 3 is 2.03 bits per heavy atom. The van der Waals surface area contributed by atoms with Gasteiger partial charge in [0.05, 0.1) is 28.4 Å². The predicted octanol–water partition coefficient (Wildman–Crippen LogP) is 6.52. The maximum absolute atomic E-state index is 9.31. The molecule has 34 heavy (non-hydrogen) atoms. The van der Waals surface area contributed by atoms with Crippen LogP contribution in [0.3, 0.4) is 0 Å². The molecule has 0 radical (unpaired) electrons. The van der Waals surface area contributed by atoms with Gasteiger partial charge in [-0.2, -0.15) is 10.4 Å². The van der Waals surface area contributed by atoms with Crippen molar-refractivity contribution in [1.29, 1.82) is 5.26 Å². The molecule has 0 amide bonds. The summed E-state index contributed by atoms with van der Waals surface area (Å²) in [4.78, 5) is 5.20.